The van der Waals surface area contributed by atoms with Crippen molar-refractivity contribution in [3.63, 3.8) is 0 Å². The minimum absolute atomic E-state index is 0.104. The Balaban J connectivity index is 1.64. The number of anilines is 1. The van der Waals surface area contributed by atoms with E-state index in [4.69, 9.17) is 4.98 Å². The van der Waals surface area contributed by atoms with E-state index in [-0.39, 0.29) is 34.4 Å². The number of likely N-dealkylation sites (tertiary alicyclic amines) is 1. The summed E-state index contributed by atoms with van der Waals surface area (Å²) in [5.74, 6) is 0.0647. The second-order valence-electron chi connectivity index (χ2n) is 14.4. The molecule has 1 aliphatic rings. The molecule has 1 unspecified atom stereocenters. The first kappa shape index (κ1) is 35.0. The molecule has 0 spiro atoms. The summed E-state index contributed by atoms with van der Waals surface area (Å²) < 4.78 is 28.6. The number of nitrogens with zero attached hydrogens (tertiary/aromatic N) is 4. The molecule has 1 aromatic heterocycles. The predicted octanol–water partition coefficient (Wildman–Crippen LogP) is 7.71. The second-order valence-corrected chi connectivity index (χ2v) is 14.4. The normalized spacial score (nSPS) is 16.6. The van der Waals surface area contributed by atoms with Gasteiger partial charge in [-0.2, -0.15) is 5.26 Å². The maximum absolute atomic E-state index is 13.9. The van der Waals surface area contributed by atoms with Gasteiger partial charge >= 0.3 is 0 Å². The lowest BCUT2D eigenvalue weighted by Gasteiger charge is -2.32. The van der Waals surface area contributed by atoms with E-state index in [1.807, 2.05) is 27.7 Å². The smallest absolute Gasteiger partial charge is 0.263 e. The molecule has 2 amide bonds. The number of amides is 2. The number of carbonyl (C=O) groups excluding carboxylic acids is 2. The van der Waals surface area contributed by atoms with Gasteiger partial charge in [0, 0.05) is 43.3 Å². The Morgan fingerprint density at radius 1 is 1.13 bits per heavy atom. The molecule has 8 nitrogen and oxygen atoms in total. The largest absolute Gasteiger partial charge is 0.337 e. The Morgan fingerprint density at radius 2 is 1.89 bits per heavy atom. The predicted molar refractivity (Wildman–Crippen MR) is 177 cm³/mol. The molecule has 2 atom stereocenters. The third-order valence-corrected chi connectivity index (χ3v) is 8.63. The zero-order chi connectivity index (χ0) is 33.6. The Hall–Kier alpha value is -3.84. The maximum atomic E-state index is 13.9. The van der Waals surface area contributed by atoms with Crippen molar-refractivity contribution in [1.82, 2.24) is 19.8 Å². The third-order valence-electron chi connectivity index (χ3n) is 8.63. The summed E-state index contributed by atoms with van der Waals surface area (Å²) in [7, 11) is 0. The summed E-state index contributed by atoms with van der Waals surface area (Å²) in [6.07, 6.45) is 1.11. The molecule has 3 aromatic rings. The number of aromatic nitrogens is 2. The van der Waals surface area contributed by atoms with Gasteiger partial charge in [-0.3, -0.25) is 14.9 Å². The van der Waals surface area contributed by atoms with Gasteiger partial charge in [0.1, 0.15) is 5.41 Å². The fourth-order valence-corrected chi connectivity index (χ4v) is 6.03. The van der Waals surface area contributed by atoms with E-state index in [9.17, 15) is 23.6 Å². The molecule has 0 radical (unpaired) electrons. The number of nitriles is 1. The highest BCUT2D eigenvalue weighted by molar-refractivity contribution is 6.04. The van der Waals surface area contributed by atoms with Crippen LogP contribution in [0.15, 0.2) is 42.5 Å². The van der Waals surface area contributed by atoms with Crippen LogP contribution in [-0.4, -0.2) is 45.4 Å². The maximum Gasteiger partial charge on any atom is 0.263 e. The number of alkyl halides is 2. The molecule has 0 aliphatic carbocycles. The number of imidazole rings is 1. The summed E-state index contributed by atoms with van der Waals surface area (Å²) in [6, 6.07) is 13.5. The van der Waals surface area contributed by atoms with E-state index in [0.717, 1.165) is 43.3 Å². The average molecular weight is 635 g/mol. The summed E-state index contributed by atoms with van der Waals surface area (Å²) >= 11 is 0. The van der Waals surface area contributed by atoms with Crippen LogP contribution in [0.2, 0.25) is 0 Å². The van der Waals surface area contributed by atoms with Gasteiger partial charge in [-0.1, -0.05) is 65.7 Å². The number of benzene rings is 2. The molecule has 0 bridgehead atoms. The zero-order valence-electron chi connectivity index (χ0n) is 28.0. The minimum Gasteiger partial charge on any atom is -0.337 e. The first-order valence-corrected chi connectivity index (χ1v) is 16.3. The van der Waals surface area contributed by atoms with Crippen LogP contribution in [-0.2, 0) is 17.9 Å². The summed E-state index contributed by atoms with van der Waals surface area (Å²) in [5, 5.41) is 16.4. The lowest BCUT2D eigenvalue weighted by Crippen LogP contribution is -2.45. The lowest BCUT2D eigenvalue weighted by molar-refractivity contribution is -0.139. The molecule has 1 aliphatic heterocycles. The standard InChI is InChI=1S/C36H48F2N6O2/c1-24(2)10-8-16-36(6,22-39)33(46)43-17-9-13-28(43)21-44-30-15-14-25(20-40-23-35(3,4)5)18-29(30)41-34(44)42-32(45)27-12-7-11-26(19-27)31(37)38/h7,11-12,14-15,18-19,24,28,31,40H,8-10,13,16-17,20-21,23H2,1-6H3,(H,41,42,45)/t28-,36?/m1/s1. The number of halogens is 2. The molecule has 1 saturated heterocycles. The number of fused-ring (bicyclic) bond motifs is 1. The van der Waals surface area contributed by atoms with Crippen LogP contribution in [0, 0.1) is 28.1 Å². The summed E-state index contributed by atoms with van der Waals surface area (Å²) in [4.78, 5) is 33.8. The van der Waals surface area contributed by atoms with E-state index in [0.29, 0.717) is 37.5 Å². The lowest BCUT2D eigenvalue weighted by atomic mass is 9.83. The van der Waals surface area contributed by atoms with E-state index >= 15 is 0 Å². The van der Waals surface area contributed by atoms with Crippen molar-refractivity contribution < 1.29 is 18.4 Å². The quantitative estimate of drug-likeness (QED) is 0.201. The highest BCUT2D eigenvalue weighted by Crippen LogP contribution is 2.33. The Labute approximate surface area is 271 Å². The first-order chi connectivity index (χ1) is 21.7. The van der Waals surface area contributed by atoms with Crippen molar-refractivity contribution in [3.05, 3.63) is 59.2 Å². The van der Waals surface area contributed by atoms with Crippen LogP contribution in [0.5, 0.6) is 0 Å². The molecule has 2 N–H and O–H groups in total. The van der Waals surface area contributed by atoms with Crippen LogP contribution in [0.1, 0.15) is 102 Å². The van der Waals surface area contributed by atoms with Gasteiger partial charge < -0.3 is 14.8 Å². The molecule has 2 heterocycles. The van der Waals surface area contributed by atoms with Crippen molar-refractivity contribution in [1.29, 1.82) is 5.26 Å². The molecule has 248 valence electrons. The molecular weight excluding hydrogens is 586 g/mol. The highest BCUT2D eigenvalue weighted by Gasteiger charge is 2.41. The molecule has 0 saturated carbocycles. The van der Waals surface area contributed by atoms with Crippen LogP contribution in [0.3, 0.4) is 0 Å². The fraction of sp³-hybridized carbons (Fsp3) is 0.556. The highest BCUT2D eigenvalue weighted by atomic mass is 19.3. The number of nitrogens with one attached hydrogen (secondary N) is 2. The van der Waals surface area contributed by atoms with Gasteiger partial charge in [0.2, 0.25) is 11.9 Å². The van der Waals surface area contributed by atoms with Gasteiger partial charge in [-0.25, -0.2) is 13.8 Å². The number of hydrogen-bond acceptors (Lipinski definition) is 5. The average Bonchev–Trinajstić information content (AvgIpc) is 3.60. The number of hydrogen-bond donors (Lipinski definition) is 2. The molecule has 4 rings (SSSR count). The van der Waals surface area contributed by atoms with Crippen molar-refractivity contribution in [2.45, 2.75) is 99.2 Å². The molecular formula is C36H48F2N6O2. The van der Waals surface area contributed by atoms with Gasteiger partial charge in [-0.15, -0.1) is 0 Å². The second kappa shape index (κ2) is 14.7. The minimum atomic E-state index is -2.70. The first-order valence-electron chi connectivity index (χ1n) is 16.3. The fourth-order valence-electron chi connectivity index (χ4n) is 6.03. The third kappa shape index (κ3) is 8.69. The molecule has 1 fully saturated rings. The van der Waals surface area contributed by atoms with Gasteiger partial charge in [0.05, 0.1) is 17.1 Å². The number of carbonyl (C=O) groups is 2. The van der Waals surface area contributed by atoms with Crippen LogP contribution in [0.4, 0.5) is 14.7 Å². The Kier molecular flexibility index (Phi) is 11.2. The number of rotatable bonds is 13. The van der Waals surface area contributed by atoms with Crippen LogP contribution in [0.25, 0.3) is 11.0 Å². The molecule has 10 heteroatoms. The SMILES string of the molecule is CC(C)CCCC(C)(C#N)C(=O)N1CCC[C@@H]1Cn1c(NC(=O)c2cccc(C(F)F)c2)nc2cc(CNCC(C)(C)C)ccc21. The van der Waals surface area contributed by atoms with Gasteiger partial charge in [0.25, 0.3) is 12.3 Å². The van der Waals surface area contributed by atoms with Crippen molar-refractivity contribution in [2.75, 3.05) is 18.4 Å². The van der Waals surface area contributed by atoms with Crippen molar-refractivity contribution >= 4 is 28.8 Å². The molecule has 46 heavy (non-hydrogen) atoms. The van der Waals surface area contributed by atoms with Gasteiger partial charge in [0.15, 0.2) is 0 Å². The summed E-state index contributed by atoms with van der Waals surface area (Å²) in [6.45, 7) is 14.9. The van der Waals surface area contributed by atoms with E-state index < -0.39 is 17.7 Å². The van der Waals surface area contributed by atoms with E-state index in [2.05, 4.69) is 51.3 Å². The van der Waals surface area contributed by atoms with Crippen LogP contribution >= 0.6 is 0 Å². The molecule has 2 aromatic carbocycles. The monoisotopic (exact) mass is 634 g/mol. The topological polar surface area (TPSA) is 103 Å². The Bertz CT molecular complexity index is 1570. The van der Waals surface area contributed by atoms with E-state index in [1.54, 1.807) is 6.92 Å². The Morgan fingerprint density at radius 3 is 2.57 bits per heavy atom. The van der Waals surface area contributed by atoms with Crippen molar-refractivity contribution in [3.8, 4) is 6.07 Å². The van der Waals surface area contributed by atoms with Crippen molar-refractivity contribution in [2.24, 2.45) is 16.7 Å². The van der Waals surface area contributed by atoms with Gasteiger partial charge in [-0.05, 0) is 67.3 Å². The summed E-state index contributed by atoms with van der Waals surface area (Å²) in [5.41, 5.74) is 1.39. The van der Waals surface area contributed by atoms with Crippen LogP contribution < -0.4 is 10.6 Å². The zero-order valence-corrected chi connectivity index (χ0v) is 28.0. The van der Waals surface area contributed by atoms with E-state index in [1.165, 1.54) is 24.3 Å².